The smallest absolute Gasteiger partial charge is 0.237 e. The molecule has 0 aromatic heterocycles. The predicted octanol–water partition coefficient (Wildman–Crippen LogP) is 3.03. The minimum atomic E-state index is -0.204. The fourth-order valence-electron chi connectivity index (χ4n) is 4.02. The second-order valence-corrected chi connectivity index (χ2v) is 7.55. The number of nitrogens with one attached hydrogen (secondary N) is 1. The van der Waals surface area contributed by atoms with Gasteiger partial charge in [-0.05, 0) is 49.9 Å². The van der Waals surface area contributed by atoms with Gasteiger partial charge in [0.15, 0.2) is 0 Å². The van der Waals surface area contributed by atoms with E-state index in [-0.39, 0.29) is 17.8 Å². The molecule has 138 valence electrons. The van der Waals surface area contributed by atoms with E-state index in [4.69, 9.17) is 0 Å². The van der Waals surface area contributed by atoms with Crippen molar-refractivity contribution in [3.63, 3.8) is 0 Å². The summed E-state index contributed by atoms with van der Waals surface area (Å²) in [5.74, 6) is 0.541. The molecule has 0 radical (unpaired) electrons. The summed E-state index contributed by atoms with van der Waals surface area (Å²) in [5.41, 5.74) is 1.05. The van der Waals surface area contributed by atoms with E-state index < -0.39 is 0 Å². The van der Waals surface area contributed by atoms with Gasteiger partial charge in [-0.25, -0.2) is 4.39 Å². The maximum Gasteiger partial charge on any atom is 0.237 e. The summed E-state index contributed by atoms with van der Waals surface area (Å²) in [6.45, 7) is 7.69. The lowest BCUT2D eigenvalue weighted by atomic mass is 9.86. The monoisotopic (exact) mass is 347 g/mol. The van der Waals surface area contributed by atoms with Gasteiger partial charge in [-0.3, -0.25) is 9.69 Å². The molecule has 3 unspecified atom stereocenters. The lowest BCUT2D eigenvalue weighted by Gasteiger charge is -2.39. The first kappa shape index (κ1) is 18.2. The van der Waals surface area contributed by atoms with E-state index in [2.05, 4.69) is 22.0 Å². The molecule has 3 rings (SSSR count). The van der Waals surface area contributed by atoms with E-state index in [1.165, 1.54) is 31.4 Å². The Bertz CT molecular complexity index is 569. The standard InChI is InChI=1S/C20H30FN3O/c1-15-5-3-4-6-19(15)22-20(25)16(2)23-11-13-24(14-12-23)18-9-7-17(21)8-10-18/h7-10,15-16,19H,3-6,11-14H2,1-2H3,(H,22,25). The Hall–Kier alpha value is -1.62. The SMILES string of the molecule is CC1CCCCC1NC(=O)C(C)N1CCN(c2ccc(F)cc2)CC1. The maximum atomic E-state index is 13.1. The number of anilines is 1. The average Bonchev–Trinajstić information content (AvgIpc) is 2.64. The highest BCUT2D eigenvalue weighted by Gasteiger charge is 2.29. The quantitative estimate of drug-likeness (QED) is 0.909. The number of benzene rings is 1. The molecule has 2 aliphatic rings. The van der Waals surface area contributed by atoms with Crippen molar-refractivity contribution in [1.82, 2.24) is 10.2 Å². The van der Waals surface area contributed by atoms with Crippen molar-refractivity contribution in [2.45, 2.75) is 51.6 Å². The third-order valence-electron chi connectivity index (χ3n) is 5.87. The van der Waals surface area contributed by atoms with Crippen molar-refractivity contribution in [2.24, 2.45) is 5.92 Å². The van der Waals surface area contributed by atoms with Crippen LogP contribution in [0.3, 0.4) is 0 Å². The fourth-order valence-corrected chi connectivity index (χ4v) is 4.02. The van der Waals surface area contributed by atoms with Crippen LogP contribution >= 0.6 is 0 Å². The summed E-state index contributed by atoms with van der Waals surface area (Å²) < 4.78 is 13.1. The molecule has 1 aromatic carbocycles. The molecule has 1 aliphatic carbocycles. The minimum absolute atomic E-state index is 0.0931. The summed E-state index contributed by atoms with van der Waals surface area (Å²) in [6.07, 6.45) is 4.84. The van der Waals surface area contributed by atoms with Gasteiger partial charge in [0.2, 0.25) is 5.91 Å². The Morgan fingerprint density at radius 3 is 2.40 bits per heavy atom. The summed E-state index contributed by atoms with van der Waals surface area (Å²) in [7, 11) is 0. The molecule has 0 spiro atoms. The van der Waals surface area contributed by atoms with Gasteiger partial charge < -0.3 is 10.2 Å². The molecule has 1 heterocycles. The number of hydrogen-bond acceptors (Lipinski definition) is 3. The highest BCUT2D eigenvalue weighted by Crippen LogP contribution is 2.24. The van der Waals surface area contributed by atoms with Crippen molar-refractivity contribution in [3.8, 4) is 0 Å². The van der Waals surface area contributed by atoms with Crippen molar-refractivity contribution in [2.75, 3.05) is 31.1 Å². The number of piperazine rings is 1. The van der Waals surface area contributed by atoms with E-state index >= 15 is 0 Å². The topological polar surface area (TPSA) is 35.6 Å². The molecular weight excluding hydrogens is 317 g/mol. The fraction of sp³-hybridized carbons (Fsp3) is 0.650. The normalized spacial score (nSPS) is 26.3. The highest BCUT2D eigenvalue weighted by molar-refractivity contribution is 5.81. The molecular formula is C20H30FN3O. The largest absolute Gasteiger partial charge is 0.369 e. The van der Waals surface area contributed by atoms with Crippen LogP contribution in [-0.2, 0) is 4.79 Å². The maximum absolute atomic E-state index is 13.1. The molecule has 1 N–H and O–H groups in total. The van der Waals surface area contributed by atoms with Crippen LogP contribution in [0.5, 0.6) is 0 Å². The molecule has 0 bridgehead atoms. The molecule has 4 nitrogen and oxygen atoms in total. The van der Waals surface area contributed by atoms with Gasteiger partial charge in [-0.15, -0.1) is 0 Å². The minimum Gasteiger partial charge on any atom is -0.369 e. The zero-order chi connectivity index (χ0) is 17.8. The molecule has 3 atom stereocenters. The lowest BCUT2D eigenvalue weighted by Crippen LogP contribution is -2.55. The van der Waals surface area contributed by atoms with Gasteiger partial charge >= 0.3 is 0 Å². The molecule has 2 fully saturated rings. The van der Waals surface area contributed by atoms with Crippen LogP contribution in [0.4, 0.5) is 10.1 Å². The van der Waals surface area contributed by atoms with Crippen LogP contribution in [0.2, 0.25) is 0 Å². The van der Waals surface area contributed by atoms with E-state index in [0.717, 1.165) is 38.3 Å². The van der Waals surface area contributed by atoms with Gasteiger partial charge in [0, 0.05) is 37.9 Å². The van der Waals surface area contributed by atoms with E-state index in [1.54, 1.807) is 0 Å². The highest BCUT2D eigenvalue weighted by atomic mass is 19.1. The van der Waals surface area contributed by atoms with Crippen LogP contribution in [0, 0.1) is 11.7 Å². The van der Waals surface area contributed by atoms with Gasteiger partial charge in [0.05, 0.1) is 6.04 Å². The first-order chi connectivity index (χ1) is 12.0. The van der Waals surface area contributed by atoms with Gasteiger partial charge in [0.1, 0.15) is 5.82 Å². The predicted molar refractivity (Wildman–Crippen MR) is 99.2 cm³/mol. The first-order valence-electron chi connectivity index (χ1n) is 9.59. The van der Waals surface area contributed by atoms with Crippen LogP contribution < -0.4 is 10.2 Å². The third kappa shape index (κ3) is 4.51. The summed E-state index contributed by atoms with van der Waals surface area (Å²) >= 11 is 0. The molecule has 1 amide bonds. The van der Waals surface area contributed by atoms with E-state index in [1.807, 2.05) is 19.1 Å². The number of amides is 1. The Balaban J connectivity index is 1.49. The van der Waals surface area contributed by atoms with Crippen molar-refractivity contribution >= 4 is 11.6 Å². The van der Waals surface area contributed by atoms with Crippen LogP contribution in [-0.4, -0.2) is 49.1 Å². The molecule has 1 aromatic rings. The average molecular weight is 347 g/mol. The van der Waals surface area contributed by atoms with Crippen molar-refractivity contribution < 1.29 is 9.18 Å². The van der Waals surface area contributed by atoms with Gasteiger partial charge in [-0.2, -0.15) is 0 Å². The van der Waals surface area contributed by atoms with E-state index in [9.17, 15) is 9.18 Å². The van der Waals surface area contributed by atoms with Crippen LogP contribution in [0.1, 0.15) is 39.5 Å². The first-order valence-corrected chi connectivity index (χ1v) is 9.59. The van der Waals surface area contributed by atoms with Crippen LogP contribution in [0.25, 0.3) is 0 Å². The van der Waals surface area contributed by atoms with Gasteiger partial charge in [0.25, 0.3) is 0 Å². The number of carbonyl (C=O) groups is 1. The number of carbonyl (C=O) groups excluding carboxylic acids is 1. The summed E-state index contributed by atoms with van der Waals surface area (Å²) in [6, 6.07) is 6.90. The van der Waals surface area contributed by atoms with Gasteiger partial charge in [-0.1, -0.05) is 19.8 Å². The Morgan fingerprint density at radius 1 is 1.12 bits per heavy atom. The molecule has 1 aliphatic heterocycles. The van der Waals surface area contributed by atoms with Crippen LogP contribution in [0.15, 0.2) is 24.3 Å². The number of nitrogens with zero attached hydrogens (tertiary/aromatic N) is 2. The lowest BCUT2D eigenvalue weighted by molar-refractivity contribution is -0.127. The molecule has 1 saturated carbocycles. The zero-order valence-corrected chi connectivity index (χ0v) is 15.4. The Morgan fingerprint density at radius 2 is 1.76 bits per heavy atom. The molecule has 1 saturated heterocycles. The van der Waals surface area contributed by atoms with E-state index in [0.29, 0.717) is 12.0 Å². The third-order valence-corrected chi connectivity index (χ3v) is 5.87. The number of halogens is 1. The van der Waals surface area contributed by atoms with Crippen molar-refractivity contribution in [1.29, 1.82) is 0 Å². The summed E-state index contributed by atoms with van der Waals surface area (Å²) in [5, 5.41) is 3.28. The number of hydrogen-bond donors (Lipinski definition) is 1. The second-order valence-electron chi connectivity index (χ2n) is 7.55. The molecule has 5 heteroatoms. The molecule has 25 heavy (non-hydrogen) atoms. The summed E-state index contributed by atoms with van der Waals surface area (Å²) in [4.78, 5) is 17.1. The van der Waals surface area contributed by atoms with Crippen molar-refractivity contribution in [3.05, 3.63) is 30.1 Å². The second kappa shape index (κ2) is 8.17. The number of rotatable bonds is 4. The zero-order valence-electron chi connectivity index (χ0n) is 15.4. The Labute approximate surface area is 150 Å². The Kier molecular flexibility index (Phi) is 5.94.